The Labute approximate surface area is 126 Å². The lowest BCUT2D eigenvalue weighted by atomic mass is 10.3. The summed E-state index contributed by atoms with van der Waals surface area (Å²) in [5.41, 5.74) is 0.179. The van der Waals surface area contributed by atoms with E-state index >= 15 is 0 Å². The molecule has 8 nitrogen and oxygen atoms in total. The first-order valence-electron chi connectivity index (χ1n) is 5.54. The molecule has 0 aliphatic carbocycles. The zero-order valence-electron chi connectivity index (χ0n) is 11.1. The van der Waals surface area contributed by atoms with E-state index in [9.17, 15) is 18.0 Å². The van der Waals surface area contributed by atoms with E-state index in [1.165, 1.54) is 20.1 Å². The second-order valence-electron chi connectivity index (χ2n) is 3.88. The van der Waals surface area contributed by atoms with Gasteiger partial charge in [0.05, 0.1) is 17.8 Å². The lowest BCUT2D eigenvalue weighted by molar-refractivity contribution is -0.135. The van der Waals surface area contributed by atoms with E-state index in [-0.39, 0.29) is 21.4 Å². The lowest BCUT2D eigenvalue weighted by Crippen LogP contribution is -2.29. The van der Waals surface area contributed by atoms with Crippen molar-refractivity contribution in [1.29, 1.82) is 0 Å². The van der Waals surface area contributed by atoms with E-state index < -0.39 is 28.4 Å². The largest absolute Gasteiger partial charge is 0.495 e. The van der Waals surface area contributed by atoms with Crippen LogP contribution in [0.3, 0.4) is 0 Å². The number of carboxylic acids is 1. The minimum atomic E-state index is -4.12. The first kappa shape index (κ1) is 17.2. The fraction of sp³-hybridized carbons (Fsp3) is 0.273. The predicted octanol–water partition coefficient (Wildman–Crippen LogP) is 0.670. The summed E-state index contributed by atoms with van der Waals surface area (Å²) in [6.07, 6.45) is 0. The molecule has 3 N–H and O–H groups in total. The van der Waals surface area contributed by atoms with Crippen LogP contribution < -0.4 is 14.8 Å². The lowest BCUT2D eigenvalue weighted by Gasteiger charge is -2.13. The van der Waals surface area contributed by atoms with E-state index in [0.29, 0.717) is 0 Å². The van der Waals surface area contributed by atoms with E-state index in [1.54, 1.807) is 0 Å². The van der Waals surface area contributed by atoms with Crippen LogP contribution in [0.2, 0.25) is 5.02 Å². The third-order valence-corrected chi connectivity index (χ3v) is 4.00. The van der Waals surface area contributed by atoms with Crippen molar-refractivity contribution in [3.05, 3.63) is 17.2 Å². The Morgan fingerprint density at radius 2 is 2.00 bits per heavy atom. The number of carbonyl (C=O) groups is 2. The van der Waals surface area contributed by atoms with Gasteiger partial charge in [-0.25, -0.2) is 8.42 Å². The van der Waals surface area contributed by atoms with Gasteiger partial charge in [-0.2, -0.15) is 4.72 Å². The molecule has 0 saturated heterocycles. The number of rotatable bonds is 6. The molecule has 0 bridgehead atoms. The van der Waals surface area contributed by atoms with Crippen molar-refractivity contribution in [2.75, 3.05) is 19.0 Å². The Hall–Kier alpha value is -1.84. The second-order valence-corrected chi connectivity index (χ2v) is 6.02. The van der Waals surface area contributed by atoms with Crippen LogP contribution >= 0.6 is 11.6 Å². The van der Waals surface area contributed by atoms with Crippen LogP contribution in [0.1, 0.15) is 6.92 Å². The summed E-state index contributed by atoms with van der Waals surface area (Å²) in [5, 5.41) is 10.9. The number of benzene rings is 1. The van der Waals surface area contributed by atoms with Crippen molar-refractivity contribution in [3.8, 4) is 5.75 Å². The molecule has 21 heavy (non-hydrogen) atoms. The summed E-state index contributed by atoms with van der Waals surface area (Å²) in [7, 11) is -2.89. The molecular weight excluding hydrogens is 324 g/mol. The maximum Gasteiger partial charge on any atom is 0.318 e. The highest BCUT2D eigenvalue weighted by Crippen LogP contribution is 2.33. The van der Waals surface area contributed by atoms with Crippen LogP contribution in [0.25, 0.3) is 0 Å². The summed E-state index contributed by atoms with van der Waals surface area (Å²) < 4.78 is 30.8. The maximum absolute atomic E-state index is 12.0. The van der Waals surface area contributed by atoms with Crippen LogP contribution in [-0.4, -0.2) is 39.1 Å². The van der Waals surface area contributed by atoms with Gasteiger partial charge in [-0.1, -0.05) is 11.6 Å². The zero-order valence-corrected chi connectivity index (χ0v) is 12.7. The summed E-state index contributed by atoms with van der Waals surface area (Å²) >= 11 is 5.89. The van der Waals surface area contributed by atoms with Gasteiger partial charge < -0.3 is 15.2 Å². The number of amides is 1. The molecule has 0 unspecified atom stereocenters. The molecule has 0 heterocycles. The zero-order chi connectivity index (χ0) is 16.2. The normalized spacial score (nSPS) is 11.0. The molecule has 0 aliphatic heterocycles. The smallest absolute Gasteiger partial charge is 0.318 e. The van der Waals surface area contributed by atoms with Gasteiger partial charge in [0, 0.05) is 13.0 Å². The number of carbonyl (C=O) groups excluding carboxylic acids is 1. The number of methoxy groups -OCH3 is 1. The van der Waals surface area contributed by atoms with Gasteiger partial charge in [0.25, 0.3) is 0 Å². The second kappa shape index (κ2) is 6.74. The van der Waals surface area contributed by atoms with E-state index in [1.807, 2.05) is 4.72 Å². The SMILES string of the molecule is COc1cc(NC(C)=O)c(Cl)cc1S(=O)(=O)NCC(=O)O. The Morgan fingerprint density at radius 3 is 2.48 bits per heavy atom. The molecule has 0 atom stereocenters. The highest BCUT2D eigenvalue weighted by Gasteiger charge is 2.22. The van der Waals surface area contributed by atoms with Gasteiger partial charge in [-0.05, 0) is 6.07 Å². The van der Waals surface area contributed by atoms with Crippen LogP contribution in [0.15, 0.2) is 17.0 Å². The summed E-state index contributed by atoms with van der Waals surface area (Å²) in [6.45, 7) is 0.485. The van der Waals surface area contributed by atoms with Gasteiger partial charge in [0.15, 0.2) is 0 Å². The molecule has 0 aliphatic rings. The van der Waals surface area contributed by atoms with Crippen LogP contribution in [0, 0.1) is 0 Å². The van der Waals surface area contributed by atoms with Crippen molar-refractivity contribution in [2.24, 2.45) is 0 Å². The predicted molar refractivity (Wildman–Crippen MR) is 75.1 cm³/mol. The fourth-order valence-corrected chi connectivity index (χ4v) is 2.85. The number of sulfonamides is 1. The van der Waals surface area contributed by atoms with Gasteiger partial charge >= 0.3 is 5.97 Å². The molecule has 10 heteroatoms. The minimum absolute atomic E-state index is 0.0262. The number of aliphatic carboxylic acids is 1. The number of nitrogens with one attached hydrogen (secondary N) is 2. The van der Waals surface area contributed by atoms with Crippen molar-refractivity contribution in [1.82, 2.24) is 4.72 Å². The van der Waals surface area contributed by atoms with Crippen molar-refractivity contribution < 1.29 is 27.9 Å². The molecule has 0 radical (unpaired) electrons. The standard InChI is InChI=1S/C11H13ClN2O6S/c1-6(15)14-8-4-9(20-2)10(3-7(8)12)21(18,19)13-5-11(16)17/h3-4,13H,5H2,1-2H3,(H,14,15)(H,16,17). The van der Waals surface area contributed by atoms with Crippen molar-refractivity contribution in [2.45, 2.75) is 11.8 Å². The van der Waals surface area contributed by atoms with E-state index in [4.69, 9.17) is 21.4 Å². The van der Waals surface area contributed by atoms with Crippen LogP contribution in [-0.2, 0) is 19.6 Å². The number of carboxylic acid groups (broad SMARTS) is 1. The van der Waals surface area contributed by atoms with Crippen LogP contribution in [0.4, 0.5) is 5.69 Å². The number of anilines is 1. The summed E-state index contributed by atoms with van der Waals surface area (Å²) in [5.74, 6) is -1.81. The number of hydrogen-bond donors (Lipinski definition) is 3. The molecule has 1 rings (SSSR count). The Balaban J connectivity index is 3.27. The van der Waals surface area contributed by atoms with Crippen LogP contribution in [0.5, 0.6) is 5.75 Å². The Kier molecular flexibility index (Phi) is 5.53. The molecule has 0 fully saturated rings. The van der Waals surface area contributed by atoms with Crippen molar-refractivity contribution in [3.63, 3.8) is 0 Å². The molecule has 0 saturated carbocycles. The number of hydrogen-bond acceptors (Lipinski definition) is 5. The molecule has 1 aromatic rings. The number of ether oxygens (including phenoxy) is 1. The Bertz CT molecular complexity index is 674. The van der Waals surface area contributed by atoms with E-state index in [0.717, 1.165) is 6.07 Å². The first-order chi connectivity index (χ1) is 9.67. The Morgan fingerprint density at radius 1 is 1.38 bits per heavy atom. The van der Waals surface area contributed by atoms with Gasteiger partial charge in [0.1, 0.15) is 17.2 Å². The minimum Gasteiger partial charge on any atom is -0.495 e. The molecule has 0 spiro atoms. The van der Waals surface area contributed by atoms with Gasteiger partial charge in [-0.15, -0.1) is 0 Å². The molecule has 0 aromatic heterocycles. The fourth-order valence-electron chi connectivity index (χ4n) is 1.42. The summed E-state index contributed by atoms with van der Waals surface area (Å²) in [4.78, 5) is 21.1. The summed E-state index contributed by atoms with van der Waals surface area (Å²) in [6, 6.07) is 2.30. The maximum atomic E-state index is 12.0. The number of halogens is 1. The van der Waals surface area contributed by atoms with Gasteiger partial charge in [-0.3, -0.25) is 9.59 Å². The molecule has 1 amide bonds. The first-order valence-corrected chi connectivity index (χ1v) is 7.40. The highest BCUT2D eigenvalue weighted by molar-refractivity contribution is 7.89. The monoisotopic (exact) mass is 336 g/mol. The van der Waals surface area contributed by atoms with E-state index in [2.05, 4.69) is 5.32 Å². The average molecular weight is 337 g/mol. The van der Waals surface area contributed by atoms with Gasteiger partial charge in [0.2, 0.25) is 15.9 Å². The average Bonchev–Trinajstić information content (AvgIpc) is 2.38. The topological polar surface area (TPSA) is 122 Å². The quantitative estimate of drug-likeness (QED) is 0.702. The molecule has 116 valence electrons. The third kappa shape index (κ3) is 4.59. The van der Waals surface area contributed by atoms with Crippen molar-refractivity contribution >= 4 is 39.2 Å². The molecule has 1 aromatic carbocycles. The third-order valence-electron chi connectivity index (χ3n) is 2.27. The molecular formula is C11H13ClN2O6S. The highest BCUT2D eigenvalue weighted by atomic mass is 35.5.